The molecule has 3 saturated heterocycles. The Labute approximate surface area is 793 Å². The molecule has 1 unspecified atom stereocenters. The Morgan fingerprint density at radius 3 is 1.87 bits per heavy atom. The highest BCUT2D eigenvalue weighted by atomic mass is 32.2. The number of fused-ring (bicyclic) bond motifs is 4. The number of rotatable bonds is 26. The maximum Gasteiger partial charge on any atom is 0.246 e. The molecule has 0 radical (unpaired) electrons. The number of aliphatic hydroxyl groups excluding tert-OH is 2. The number of H-pyrrole nitrogens is 2. The zero-order valence-corrected chi connectivity index (χ0v) is 78.8. The van der Waals surface area contributed by atoms with Crippen molar-refractivity contribution in [3.05, 3.63) is 119 Å². The number of thioether (sulfide) groups is 1. The number of para-hydroxylation sites is 1. The first-order valence-corrected chi connectivity index (χ1v) is 47.0. The summed E-state index contributed by atoms with van der Waals surface area (Å²) in [6, 6.07) is -2.41. The van der Waals surface area contributed by atoms with Crippen LogP contribution in [0.5, 0.6) is 5.75 Å². The summed E-state index contributed by atoms with van der Waals surface area (Å²) in [5.74, 6) is -18.3. The summed E-state index contributed by atoms with van der Waals surface area (Å²) in [6.07, 6.45) is 0.869. The van der Waals surface area contributed by atoms with Crippen LogP contribution < -0.4 is 75.7 Å². The van der Waals surface area contributed by atoms with E-state index >= 15 is 38.4 Å². The van der Waals surface area contributed by atoms with Gasteiger partial charge in [0.1, 0.15) is 90.3 Å². The molecule has 136 heavy (non-hydrogen) atoms. The number of primary amides is 2. The Kier molecular flexibility index (Phi) is 39.8. The quantitative estimate of drug-likeness (QED) is 0.0143. The van der Waals surface area contributed by atoms with Crippen LogP contribution in [0.1, 0.15) is 121 Å². The number of aliphatic hydroxyl groups is 2. The Bertz CT molecular complexity index is 5250. The van der Waals surface area contributed by atoms with Crippen molar-refractivity contribution in [2.24, 2.45) is 23.1 Å². The summed E-state index contributed by atoms with van der Waals surface area (Å²) >= 11 is 2.08. The molecule has 46 heteroatoms. The van der Waals surface area contributed by atoms with E-state index in [0.717, 1.165) is 41.0 Å². The molecule has 3 fully saturated rings. The van der Waals surface area contributed by atoms with Gasteiger partial charge in [0.15, 0.2) is 5.96 Å². The minimum Gasteiger partial charge on any atom is -0.508 e. The van der Waals surface area contributed by atoms with Gasteiger partial charge in [-0.2, -0.15) is 0 Å². The molecule has 0 saturated carbocycles. The van der Waals surface area contributed by atoms with E-state index in [0.29, 0.717) is 51.5 Å². The number of aromatic hydroxyl groups is 1. The summed E-state index contributed by atoms with van der Waals surface area (Å²) in [6.45, 7) is 3.94. The van der Waals surface area contributed by atoms with Gasteiger partial charge in [-0.3, -0.25) is 86.9 Å². The number of hydrogen-bond acceptors (Lipinski definition) is 25. The molecule has 6 aromatic rings. The lowest BCUT2D eigenvalue weighted by Crippen LogP contribution is -2.62. The fraction of sp³-hybridized carbons (Fsp3) is 0.522. The normalized spacial score (nSPS) is 24.7. The SMILES string of the molecule is CCCC[C@H]1C(=O)N[C@@H](CCCNC(=N)N)C(=O)N[C@H](C(=O)NCC(N)=O)CSCC(=O)N[C@@H](Cc2ccc(O)cc2)C(=O)N(C)[C@@H](C)C(=O)N[C@@H](CC(N)=O)C(=O)N2CCC[C@H]2C(=O)N[C@@H](Cc2cnc[nH]2)C(=O)N[C@@H](CC(C)C)C(=O)N2C[C@H](O)CC2C(=O)N[C@@H](Cc2c[nH]c3ccccc23)C(=O)N[C@@H](CO)C(=O)N[C@@H](Cc2csc3ccccc23)C(=O)N(C)[C@@H](CCOC)C(=O)N1C. The molecule has 3 aromatic carbocycles. The number of phenols is 1. The number of ether oxygens (including phenoxy) is 1. The van der Waals surface area contributed by atoms with Gasteiger partial charge in [-0.15, -0.1) is 23.1 Å². The molecule has 3 aliphatic rings. The van der Waals surface area contributed by atoms with Crippen molar-refractivity contribution in [2.45, 2.75) is 215 Å². The first-order chi connectivity index (χ1) is 64.8. The monoisotopic (exact) mass is 1930 g/mol. The Morgan fingerprint density at radius 2 is 1.21 bits per heavy atom. The van der Waals surface area contributed by atoms with Crippen LogP contribution >= 0.6 is 23.1 Å². The molecular formula is C90H125N23O21S2. The molecule has 44 nitrogen and oxygen atoms in total. The van der Waals surface area contributed by atoms with E-state index in [1.807, 2.05) is 13.0 Å². The molecule has 15 atom stereocenters. The number of carbonyl (C=O) groups excluding carboxylic acids is 17. The van der Waals surface area contributed by atoms with Gasteiger partial charge in [0.05, 0.1) is 37.8 Å². The molecule has 9 rings (SSSR count). The van der Waals surface area contributed by atoms with E-state index in [-0.39, 0.29) is 102 Å². The lowest BCUT2D eigenvalue weighted by molar-refractivity contribution is -0.150. The average Bonchev–Trinajstić information content (AvgIpc) is 1.38. The van der Waals surface area contributed by atoms with Gasteiger partial charge >= 0.3 is 0 Å². The molecule has 738 valence electrons. The van der Waals surface area contributed by atoms with Crippen LogP contribution in [0.15, 0.2) is 96.9 Å². The van der Waals surface area contributed by atoms with Crippen LogP contribution in [0.4, 0.5) is 0 Å². The third-order valence-electron chi connectivity index (χ3n) is 24.0. The topological polar surface area (TPSA) is 655 Å². The molecule has 6 heterocycles. The average molecular weight is 1930 g/mol. The van der Waals surface area contributed by atoms with Crippen molar-refractivity contribution in [3.63, 3.8) is 0 Å². The van der Waals surface area contributed by atoms with Crippen molar-refractivity contribution >= 4 is 150 Å². The smallest absolute Gasteiger partial charge is 0.246 e. The number of thiophene rings is 1. The lowest BCUT2D eigenvalue weighted by atomic mass is 10.0. The van der Waals surface area contributed by atoms with Gasteiger partial charge in [-0.05, 0) is 103 Å². The predicted octanol–water partition coefficient (Wildman–Crippen LogP) is -3.35. The van der Waals surface area contributed by atoms with Gasteiger partial charge < -0.3 is 130 Å². The first kappa shape index (κ1) is 106. The zero-order chi connectivity index (χ0) is 99.3. The van der Waals surface area contributed by atoms with Gasteiger partial charge in [-0.1, -0.05) is 82.1 Å². The van der Waals surface area contributed by atoms with Crippen molar-refractivity contribution in [1.82, 2.24) is 97.9 Å². The number of nitrogens with one attached hydrogen (secondary N) is 14. The van der Waals surface area contributed by atoms with E-state index < -0.39 is 241 Å². The molecule has 23 N–H and O–H groups in total. The number of guanidine groups is 1. The van der Waals surface area contributed by atoms with Crippen molar-refractivity contribution in [2.75, 3.05) is 79.2 Å². The van der Waals surface area contributed by atoms with Gasteiger partial charge in [0.2, 0.25) is 100 Å². The summed E-state index contributed by atoms with van der Waals surface area (Å²) in [5.41, 5.74) is 19.1. The molecule has 0 bridgehead atoms. The summed E-state index contributed by atoms with van der Waals surface area (Å²) in [7, 11) is 5.16. The number of unbranched alkanes of at least 4 members (excludes halogenated alkanes) is 1. The predicted molar refractivity (Wildman–Crippen MR) is 500 cm³/mol. The van der Waals surface area contributed by atoms with Crippen molar-refractivity contribution in [3.8, 4) is 5.75 Å². The summed E-state index contributed by atoms with van der Waals surface area (Å²) < 4.78 is 6.30. The lowest BCUT2D eigenvalue weighted by Gasteiger charge is -2.36. The molecule has 0 spiro atoms. The minimum absolute atomic E-state index is 0.0213. The molecular weight excluding hydrogens is 1800 g/mol. The fourth-order valence-electron chi connectivity index (χ4n) is 16.5. The highest BCUT2D eigenvalue weighted by Crippen LogP contribution is 2.30. The van der Waals surface area contributed by atoms with Gasteiger partial charge in [-0.25, -0.2) is 4.98 Å². The van der Waals surface area contributed by atoms with E-state index in [2.05, 4.69) is 73.4 Å². The third-order valence-corrected chi connectivity index (χ3v) is 26.0. The number of hydrogen-bond donors (Lipinski definition) is 20. The number of likely N-dealkylation sites (N-methyl/N-ethyl adjacent to an activating group) is 3. The zero-order valence-electron chi connectivity index (χ0n) is 77.2. The van der Waals surface area contributed by atoms with Gasteiger partial charge in [0, 0.05) is 132 Å². The van der Waals surface area contributed by atoms with Crippen LogP contribution in [0.2, 0.25) is 0 Å². The van der Waals surface area contributed by atoms with E-state index in [1.165, 1.54) is 83.3 Å². The van der Waals surface area contributed by atoms with Gasteiger partial charge in [0.25, 0.3) is 0 Å². The molecule has 0 aliphatic carbocycles. The number of nitrogens with two attached hydrogens (primary N) is 3. The summed E-state index contributed by atoms with van der Waals surface area (Å²) in [4.78, 5) is 266. The van der Waals surface area contributed by atoms with Crippen LogP contribution in [0, 0.1) is 11.3 Å². The second-order valence-electron chi connectivity index (χ2n) is 34.5. The molecule has 17 amide bonds. The Hall–Kier alpha value is -13.3. The number of methoxy groups -OCH3 is 1. The summed E-state index contributed by atoms with van der Waals surface area (Å²) in [5, 5.41) is 72.8. The number of carbonyl (C=O) groups is 17. The number of amides is 17. The molecule has 3 aliphatic heterocycles. The second-order valence-corrected chi connectivity index (χ2v) is 36.5. The van der Waals surface area contributed by atoms with E-state index in [4.69, 9.17) is 27.3 Å². The number of aromatic nitrogens is 3. The fourth-order valence-corrected chi connectivity index (χ4v) is 18.3. The first-order valence-electron chi connectivity index (χ1n) is 45.0. The largest absolute Gasteiger partial charge is 0.508 e. The maximum absolute atomic E-state index is 15.7. The van der Waals surface area contributed by atoms with Crippen LogP contribution in [0.25, 0.3) is 21.0 Å². The van der Waals surface area contributed by atoms with E-state index in [1.54, 1.807) is 67.9 Å². The molecule has 3 aromatic heterocycles. The van der Waals surface area contributed by atoms with E-state index in [9.17, 15) is 58.5 Å². The highest BCUT2D eigenvalue weighted by molar-refractivity contribution is 8.00. The Morgan fingerprint density at radius 1 is 0.603 bits per heavy atom. The number of nitrogens with zero attached hydrogens (tertiary/aromatic N) is 6. The number of phenolic OH excluding ortho intramolecular Hbond substituents is 1. The second kappa shape index (κ2) is 50.8. The van der Waals surface area contributed by atoms with Crippen LogP contribution in [0.3, 0.4) is 0 Å². The maximum atomic E-state index is 15.7. The van der Waals surface area contributed by atoms with Crippen LogP contribution in [-0.2, 0) is 112 Å². The van der Waals surface area contributed by atoms with Crippen molar-refractivity contribution < 1.29 is 102 Å². The van der Waals surface area contributed by atoms with Crippen molar-refractivity contribution in [1.29, 1.82) is 5.41 Å². The number of imidazole rings is 1. The Balaban J connectivity index is 1.10. The third kappa shape index (κ3) is 29.6. The number of aromatic amines is 2. The highest BCUT2D eigenvalue weighted by Gasteiger charge is 2.47. The van der Waals surface area contributed by atoms with Crippen LogP contribution in [-0.4, -0.2) is 331 Å². The standard InChI is InChI=1S/C90H125N23O21S2/c1-9-10-21-68-82(126)101-59(20-15-29-96-90(93)94)78(122)108-67(77(121)98-41-74(92)118)45-135-46-75(119)100-63(33-50-24-26-54(115)27-25-50)85(129)109(5)49(4)76(120)104-65(38-73(91)117)87(131)112-30-16-22-69(112)83(127)103-61(36-53-40-95-47-99-53)80(124)105-62(32-48(2)3)88(132)113-42-55(116)37-71(113)84(128)102-60(34-51-39-97-58-19-13-11-17-56(51)58)79(123)107-66(43-114)81(125)106-64(35-52-44-136-72-23-14-12-18-57(52)72)86(130)111(7)70(28-31-134-8)89(133)110(68)6/h11-14,17-19,23-27,39-40,44,47-49,55,59-71,97,114-116H,9-10,15-16,20-22,28-38,41-43,45-46H2,1-8H3,(H2,91,117)(H2,92,118)(H,95,99)(H,98,121)(H,100,119)(H,101,126)(H,102,128)(H,103,127)(H,104,120)(H,105,124)(H,106,125)(H,107,123)(H,108,122)(H4,93,94,96)/t49-,55+,59-,60-,61-,62-,63-,64-,65-,66-,67-,68-,69-,70-,71?/m0/s1. The minimum atomic E-state index is -1.90. The number of benzene rings is 3.